The molecule has 4 rings (SSSR count). The molecule has 0 radical (unpaired) electrons. The first-order chi connectivity index (χ1) is 17.1. The van der Waals surface area contributed by atoms with E-state index in [0.29, 0.717) is 67.7 Å². The van der Waals surface area contributed by atoms with E-state index in [4.69, 9.17) is 9.47 Å². The van der Waals surface area contributed by atoms with Crippen molar-refractivity contribution in [3.63, 3.8) is 0 Å². The van der Waals surface area contributed by atoms with Gasteiger partial charge >= 0.3 is 0 Å². The molecule has 1 aliphatic heterocycles. The number of anilines is 1. The van der Waals surface area contributed by atoms with Crippen molar-refractivity contribution < 1.29 is 19.1 Å². The van der Waals surface area contributed by atoms with Gasteiger partial charge in [0.05, 0.1) is 19.8 Å². The molecule has 1 saturated heterocycles. The van der Waals surface area contributed by atoms with Crippen LogP contribution in [-0.2, 0) is 6.42 Å². The Bertz CT molecular complexity index is 1160. The summed E-state index contributed by atoms with van der Waals surface area (Å²) >= 11 is 0. The minimum absolute atomic E-state index is 0.0839. The number of amides is 2. The second kappa shape index (κ2) is 11.3. The Morgan fingerprint density at radius 3 is 2.40 bits per heavy atom. The average molecular weight is 476 g/mol. The zero-order valence-corrected chi connectivity index (χ0v) is 19.9. The van der Waals surface area contributed by atoms with Crippen molar-refractivity contribution >= 4 is 17.6 Å². The SMILES string of the molecule is COc1ccc(CCNC(=O)c2cccnc2N2CCN(C(=O)c3ccccn3)CC2)cc1OC. The van der Waals surface area contributed by atoms with E-state index in [1.165, 1.54) is 0 Å². The summed E-state index contributed by atoms with van der Waals surface area (Å²) in [5.41, 5.74) is 1.99. The molecule has 3 aromatic rings. The Hall–Kier alpha value is -4.14. The third-order valence-corrected chi connectivity index (χ3v) is 5.93. The molecule has 0 unspecified atom stereocenters. The maximum Gasteiger partial charge on any atom is 0.272 e. The minimum atomic E-state index is -0.180. The Morgan fingerprint density at radius 1 is 0.914 bits per heavy atom. The fourth-order valence-corrected chi connectivity index (χ4v) is 4.05. The summed E-state index contributed by atoms with van der Waals surface area (Å²) in [6.07, 6.45) is 3.95. The third kappa shape index (κ3) is 5.68. The van der Waals surface area contributed by atoms with E-state index < -0.39 is 0 Å². The highest BCUT2D eigenvalue weighted by atomic mass is 16.5. The van der Waals surface area contributed by atoms with Gasteiger partial charge in [-0.2, -0.15) is 0 Å². The fraction of sp³-hybridized carbons (Fsp3) is 0.308. The Balaban J connectivity index is 1.35. The lowest BCUT2D eigenvalue weighted by atomic mass is 10.1. The van der Waals surface area contributed by atoms with Crippen LogP contribution < -0.4 is 19.7 Å². The van der Waals surface area contributed by atoms with Gasteiger partial charge in [-0.15, -0.1) is 0 Å². The summed E-state index contributed by atoms with van der Waals surface area (Å²) in [5, 5.41) is 2.99. The van der Waals surface area contributed by atoms with Crippen LogP contribution in [0.5, 0.6) is 11.5 Å². The number of hydrogen-bond donors (Lipinski definition) is 1. The van der Waals surface area contributed by atoms with E-state index in [2.05, 4.69) is 15.3 Å². The van der Waals surface area contributed by atoms with Gasteiger partial charge in [-0.3, -0.25) is 14.6 Å². The van der Waals surface area contributed by atoms with E-state index in [1.54, 1.807) is 61.8 Å². The molecule has 0 bridgehead atoms. The molecule has 35 heavy (non-hydrogen) atoms. The summed E-state index contributed by atoms with van der Waals surface area (Å²) in [7, 11) is 3.20. The highest BCUT2D eigenvalue weighted by Crippen LogP contribution is 2.27. The van der Waals surface area contributed by atoms with Gasteiger partial charge in [0.1, 0.15) is 11.5 Å². The number of hydrogen-bond acceptors (Lipinski definition) is 7. The second-order valence-corrected chi connectivity index (χ2v) is 8.06. The van der Waals surface area contributed by atoms with E-state index in [-0.39, 0.29) is 11.8 Å². The van der Waals surface area contributed by atoms with Crippen LogP contribution in [0.1, 0.15) is 26.4 Å². The van der Waals surface area contributed by atoms with Crippen molar-refractivity contribution in [1.82, 2.24) is 20.2 Å². The Kier molecular flexibility index (Phi) is 7.77. The van der Waals surface area contributed by atoms with Crippen LogP contribution in [0, 0.1) is 0 Å². The van der Waals surface area contributed by atoms with Crippen LogP contribution >= 0.6 is 0 Å². The topological polar surface area (TPSA) is 96.9 Å². The number of ether oxygens (including phenoxy) is 2. The number of piperazine rings is 1. The predicted octanol–water partition coefficient (Wildman–Crippen LogP) is 2.43. The van der Waals surface area contributed by atoms with Crippen LogP contribution in [0.25, 0.3) is 0 Å². The molecule has 182 valence electrons. The van der Waals surface area contributed by atoms with E-state index >= 15 is 0 Å². The fourth-order valence-electron chi connectivity index (χ4n) is 4.05. The van der Waals surface area contributed by atoms with E-state index in [0.717, 1.165) is 5.56 Å². The van der Waals surface area contributed by atoms with Crippen LogP contribution in [0.4, 0.5) is 5.82 Å². The maximum absolute atomic E-state index is 13.0. The van der Waals surface area contributed by atoms with Crippen LogP contribution in [-0.4, -0.2) is 73.6 Å². The summed E-state index contributed by atoms with van der Waals surface area (Å²) in [6.45, 7) is 2.71. The molecule has 0 spiro atoms. The molecule has 0 saturated carbocycles. The van der Waals surface area contributed by atoms with Gasteiger partial charge in [0.2, 0.25) is 0 Å². The van der Waals surface area contributed by atoms with Crippen molar-refractivity contribution in [3.8, 4) is 11.5 Å². The molecule has 1 aromatic carbocycles. The maximum atomic E-state index is 13.0. The molecule has 3 heterocycles. The van der Waals surface area contributed by atoms with Gasteiger partial charge in [0.15, 0.2) is 11.5 Å². The molecule has 2 aromatic heterocycles. The molecule has 1 fully saturated rings. The van der Waals surface area contributed by atoms with Crippen molar-refractivity contribution in [2.45, 2.75) is 6.42 Å². The lowest BCUT2D eigenvalue weighted by Gasteiger charge is -2.35. The molecular weight excluding hydrogens is 446 g/mol. The van der Waals surface area contributed by atoms with Gasteiger partial charge in [0, 0.05) is 45.1 Å². The van der Waals surface area contributed by atoms with Crippen molar-refractivity contribution in [3.05, 3.63) is 77.7 Å². The Morgan fingerprint density at radius 2 is 1.69 bits per heavy atom. The number of carbonyl (C=O) groups is 2. The first kappa shape index (κ1) is 24.0. The first-order valence-electron chi connectivity index (χ1n) is 11.5. The molecular formula is C26H29N5O4. The smallest absolute Gasteiger partial charge is 0.272 e. The van der Waals surface area contributed by atoms with Crippen molar-refractivity contribution in [2.24, 2.45) is 0 Å². The minimum Gasteiger partial charge on any atom is -0.493 e. The number of pyridine rings is 2. The lowest BCUT2D eigenvalue weighted by Crippen LogP contribution is -2.49. The highest BCUT2D eigenvalue weighted by Gasteiger charge is 2.26. The second-order valence-electron chi connectivity index (χ2n) is 8.06. The van der Waals surface area contributed by atoms with Crippen molar-refractivity contribution in [2.75, 3.05) is 51.8 Å². The molecule has 1 aliphatic rings. The highest BCUT2D eigenvalue weighted by molar-refractivity contribution is 5.99. The number of nitrogens with zero attached hydrogens (tertiary/aromatic N) is 4. The quantitative estimate of drug-likeness (QED) is 0.534. The normalized spacial score (nSPS) is 13.3. The molecule has 1 N–H and O–H groups in total. The number of nitrogens with one attached hydrogen (secondary N) is 1. The zero-order chi connectivity index (χ0) is 24.6. The van der Waals surface area contributed by atoms with Gasteiger partial charge in [0.25, 0.3) is 11.8 Å². The number of benzene rings is 1. The standard InChI is InChI=1S/C26H29N5O4/c1-34-22-9-8-19(18-23(22)35-2)10-13-29-25(32)20-6-5-12-28-24(20)30-14-16-31(17-15-30)26(33)21-7-3-4-11-27-21/h3-9,11-12,18H,10,13-17H2,1-2H3,(H,29,32). The Labute approximate surface area is 204 Å². The van der Waals surface area contributed by atoms with Crippen LogP contribution in [0.3, 0.4) is 0 Å². The number of aromatic nitrogens is 2. The average Bonchev–Trinajstić information content (AvgIpc) is 2.93. The van der Waals surface area contributed by atoms with Gasteiger partial charge < -0.3 is 24.6 Å². The molecule has 0 atom stereocenters. The summed E-state index contributed by atoms with van der Waals surface area (Å²) < 4.78 is 10.6. The van der Waals surface area contributed by atoms with Gasteiger partial charge in [-0.05, 0) is 48.4 Å². The number of methoxy groups -OCH3 is 2. The van der Waals surface area contributed by atoms with Crippen molar-refractivity contribution in [1.29, 1.82) is 0 Å². The molecule has 9 nitrogen and oxygen atoms in total. The summed E-state index contributed by atoms with van der Waals surface area (Å²) in [4.78, 5) is 38.1. The monoisotopic (exact) mass is 475 g/mol. The van der Waals surface area contributed by atoms with Gasteiger partial charge in [-0.1, -0.05) is 12.1 Å². The first-order valence-corrected chi connectivity index (χ1v) is 11.5. The lowest BCUT2D eigenvalue weighted by molar-refractivity contribution is 0.0739. The predicted molar refractivity (Wildman–Crippen MR) is 132 cm³/mol. The third-order valence-electron chi connectivity index (χ3n) is 5.93. The van der Waals surface area contributed by atoms with E-state index in [1.807, 2.05) is 23.1 Å². The van der Waals surface area contributed by atoms with Crippen LogP contribution in [0.2, 0.25) is 0 Å². The largest absolute Gasteiger partial charge is 0.493 e. The number of rotatable bonds is 8. The van der Waals surface area contributed by atoms with E-state index in [9.17, 15) is 9.59 Å². The van der Waals surface area contributed by atoms with Gasteiger partial charge in [-0.25, -0.2) is 4.98 Å². The zero-order valence-electron chi connectivity index (χ0n) is 19.9. The summed E-state index contributed by atoms with van der Waals surface area (Å²) in [5.74, 6) is 1.69. The molecule has 2 amide bonds. The number of carbonyl (C=O) groups excluding carboxylic acids is 2. The van der Waals surface area contributed by atoms with Crippen LogP contribution in [0.15, 0.2) is 60.9 Å². The molecule has 0 aliphatic carbocycles. The molecule has 9 heteroatoms. The summed E-state index contributed by atoms with van der Waals surface area (Å²) in [6, 6.07) is 14.6.